The van der Waals surface area contributed by atoms with Crippen molar-refractivity contribution in [1.82, 2.24) is 23.9 Å². The summed E-state index contributed by atoms with van der Waals surface area (Å²) in [6.07, 6.45) is 4.09. The van der Waals surface area contributed by atoms with Gasteiger partial charge in [0, 0.05) is 50.3 Å². The second-order valence-electron chi connectivity index (χ2n) is 14.3. The number of hydrogen-bond donors (Lipinski definition) is 1. The lowest BCUT2D eigenvalue weighted by Crippen LogP contribution is -2.53. The average molecular weight is 670 g/mol. The number of benzene rings is 2. The Morgan fingerprint density at radius 1 is 0.980 bits per heavy atom. The molecule has 0 spiro atoms. The number of piperidine rings is 2. The fourth-order valence-corrected chi connectivity index (χ4v) is 7.19. The first kappa shape index (κ1) is 32.7. The van der Waals surface area contributed by atoms with Crippen molar-refractivity contribution in [1.29, 1.82) is 0 Å². The first-order chi connectivity index (χ1) is 23.5. The molecule has 2 aromatic heterocycles. The molecule has 258 valence electrons. The molecule has 12 heteroatoms. The lowest BCUT2D eigenvalue weighted by Gasteiger charge is -2.43. The summed E-state index contributed by atoms with van der Waals surface area (Å²) in [6, 6.07) is 17.2. The highest BCUT2D eigenvalue weighted by Crippen LogP contribution is 2.36. The zero-order valence-electron chi connectivity index (χ0n) is 28.2. The second-order valence-corrected chi connectivity index (χ2v) is 14.3. The van der Waals surface area contributed by atoms with Gasteiger partial charge in [-0.1, -0.05) is 30.3 Å². The number of ether oxygens (including phenoxy) is 3. The molecule has 5 heterocycles. The van der Waals surface area contributed by atoms with Crippen LogP contribution in [0.2, 0.25) is 0 Å². The monoisotopic (exact) mass is 669 g/mol. The van der Waals surface area contributed by atoms with Gasteiger partial charge < -0.3 is 33.7 Å². The molecule has 2 amide bonds. The van der Waals surface area contributed by atoms with Crippen LogP contribution in [0.15, 0.2) is 71.9 Å². The summed E-state index contributed by atoms with van der Waals surface area (Å²) >= 11 is 0. The van der Waals surface area contributed by atoms with E-state index in [1.54, 1.807) is 17.2 Å². The molecule has 0 saturated carbocycles. The maximum Gasteiger partial charge on any atom is 0.410 e. The van der Waals surface area contributed by atoms with E-state index in [0.717, 1.165) is 11.3 Å². The molecule has 12 nitrogen and oxygen atoms in total. The largest absolute Gasteiger partial charge is 0.486 e. The van der Waals surface area contributed by atoms with Gasteiger partial charge >= 0.3 is 6.09 Å². The maximum atomic E-state index is 14.0. The van der Waals surface area contributed by atoms with Crippen LogP contribution in [0.3, 0.4) is 0 Å². The number of carbonyl (C=O) groups is 2. The van der Waals surface area contributed by atoms with E-state index < -0.39 is 11.2 Å². The molecule has 2 aromatic carbocycles. The van der Waals surface area contributed by atoms with Gasteiger partial charge in [-0.2, -0.15) is 0 Å². The smallest absolute Gasteiger partial charge is 0.410 e. The molecule has 4 aromatic rings. The highest BCUT2D eigenvalue weighted by Gasteiger charge is 2.42. The number of aromatic nitrogens is 3. The molecule has 0 bridgehead atoms. The zero-order chi connectivity index (χ0) is 34.3. The second kappa shape index (κ2) is 12.9. The van der Waals surface area contributed by atoms with E-state index in [1.807, 2.05) is 78.8 Å². The molecule has 7 rings (SSSR count). The van der Waals surface area contributed by atoms with Crippen LogP contribution >= 0.6 is 0 Å². The summed E-state index contributed by atoms with van der Waals surface area (Å²) in [5, 5.41) is 12.1. The number of amides is 2. The number of fused-ring (bicyclic) bond motifs is 2. The first-order valence-corrected chi connectivity index (χ1v) is 17.0. The van der Waals surface area contributed by atoms with Crippen molar-refractivity contribution in [2.75, 3.05) is 39.4 Å². The van der Waals surface area contributed by atoms with E-state index in [0.29, 0.717) is 81.2 Å². The fraction of sp³-hybridized carbons (Fsp3) is 0.459. The van der Waals surface area contributed by atoms with Crippen LogP contribution < -0.4 is 15.0 Å². The van der Waals surface area contributed by atoms with Crippen molar-refractivity contribution in [2.24, 2.45) is 5.92 Å². The summed E-state index contributed by atoms with van der Waals surface area (Å²) in [4.78, 5) is 48.7. The van der Waals surface area contributed by atoms with Gasteiger partial charge in [0.05, 0.1) is 23.2 Å². The van der Waals surface area contributed by atoms with Gasteiger partial charge in [0.15, 0.2) is 17.1 Å². The summed E-state index contributed by atoms with van der Waals surface area (Å²) in [5.74, 6) is 0.872. The SMILES string of the molecule is CC(C)(C)OC(=O)N1CC[C@@H](C(=O)N2CCC(O)(Cn3cnc4c(ccn4-c4ccc5c(c4)OCCO5)c3=O)CC2)[C@H](c2ccccc2)C1. The van der Waals surface area contributed by atoms with Crippen LogP contribution in [0.25, 0.3) is 16.7 Å². The number of carbonyl (C=O) groups excluding carboxylic acids is 2. The maximum absolute atomic E-state index is 14.0. The third-order valence-corrected chi connectivity index (χ3v) is 9.75. The predicted molar refractivity (Wildman–Crippen MR) is 182 cm³/mol. The van der Waals surface area contributed by atoms with Crippen LogP contribution in [-0.4, -0.2) is 91.6 Å². The van der Waals surface area contributed by atoms with Gasteiger partial charge in [0.1, 0.15) is 25.1 Å². The number of aliphatic hydroxyl groups is 1. The van der Waals surface area contributed by atoms with Gasteiger partial charge in [-0.15, -0.1) is 0 Å². The van der Waals surface area contributed by atoms with Gasteiger partial charge in [0.25, 0.3) is 5.56 Å². The normalized spacial score (nSPS) is 20.7. The highest BCUT2D eigenvalue weighted by molar-refractivity contribution is 5.81. The summed E-state index contributed by atoms with van der Waals surface area (Å²) in [5.41, 5.74) is 0.291. The molecule has 3 aliphatic heterocycles. The van der Waals surface area contributed by atoms with Gasteiger partial charge in [-0.3, -0.25) is 14.2 Å². The molecule has 3 aliphatic rings. The average Bonchev–Trinajstić information content (AvgIpc) is 3.54. The Morgan fingerprint density at radius 3 is 2.45 bits per heavy atom. The topological polar surface area (TPSA) is 128 Å². The van der Waals surface area contributed by atoms with Gasteiger partial charge in [-0.25, -0.2) is 9.78 Å². The van der Waals surface area contributed by atoms with Gasteiger partial charge in [-0.05, 0) is 63.8 Å². The number of hydrogen-bond acceptors (Lipinski definition) is 8. The van der Waals surface area contributed by atoms with Crippen LogP contribution in [0.4, 0.5) is 4.79 Å². The molecular weight excluding hydrogens is 626 g/mol. The lowest BCUT2D eigenvalue weighted by molar-refractivity contribution is -0.142. The predicted octanol–water partition coefficient (Wildman–Crippen LogP) is 4.35. The lowest BCUT2D eigenvalue weighted by atomic mass is 9.79. The van der Waals surface area contributed by atoms with Crippen LogP contribution in [0, 0.1) is 5.92 Å². The zero-order valence-corrected chi connectivity index (χ0v) is 28.2. The van der Waals surface area contributed by atoms with E-state index in [1.165, 1.54) is 10.9 Å². The Kier molecular flexibility index (Phi) is 8.60. The molecule has 2 atom stereocenters. The minimum Gasteiger partial charge on any atom is -0.486 e. The Bertz CT molecular complexity index is 1910. The number of rotatable bonds is 5. The Hall–Kier alpha value is -4.84. The quantitative estimate of drug-likeness (QED) is 0.332. The molecule has 2 saturated heterocycles. The molecule has 49 heavy (non-hydrogen) atoms. The molecular formula is C37H43N5O7. The third-order valence-electron chi connectivity index (χ3n) is 9.75. The van der Waals surface area contributed by atoms with E-state index in [4.69, 9.17) is 14.2 Å². The van der Waals surface area contributed by atoms with Crippen molar-refractivity contribution >= 4 is 23.0 Å². The Labute approximate surface area is 284 Å². The van der Waals surface area contributed by atoms with E-state index in [9.17, 15) is 19.5 Å². The van der Waals surface area contributed by atoms with E-state index in [-0.39, 0.29) is 35.9 Å². The minimum absolute atomic E-state index is 0.0282. The highest BCUT2D eigenvalue weighted by atomic mass is 16.6. The van der Waals surface area contributed by atoms with Crippen LogP contribution in [-0.2, 0) is 16.1 Å². The standard InChI is InChI=1S/C37H43N5O7/c1-36(2,3)49-35(45)40-15-11-27(29(22-40)25-7-5-4-6-8-25)33(43)39-17-13-37(46,14-18-39)23-41-24-38-32-28(34(41)44)12-16-42(32)26-9-10-30-31(21-26)48-20-19-47-30/h4-10,12,16,21,24,27,29,46H,11,13-15,17-20,22-23H2,1-3H3/t27-,29+/m1/s1. The fourth-order valence-electron chi connectivity index (χ4n) is 7.19. The Balaban J connectivity index is 1.03. The molecule has 0 radical (unpaired) electrons. The molecule has 0 aliphatic carbocycles. The van der Waals surface area contributed by atoms with E-state index >= 15 is 0 Å². The molecule has 1 N–H and O–H groups in total. The minimum atomic E-state index is -1.17. The van der Waals surface area contributed by atoms with Crippen molar-refractivity contribution in [3.8, 4) is 17.2 Å². The van der Waals surface area contributed by atoms with Crippen molar-refractivity contribution in [2.45, 2.75) is 63.7 Å². The van der Waals surface area contributed by atoms with E-state index in [2.05, 4.69) is 4.98 Å². The summed E-state index contributed by atoms with van der Waals surface area (Å²) < 4.78 is 20.3. The molecule has 2 fully saturated rings. The number of nitrogens with zero attached hydrogens (tertiary/aromatic N) is 5. The summed E-state index contributed by atoms with van der Waals surface area (Å²) in [7, 11) is 0. The number of likely N-dealkylation sites (tertiary alicyclic amines) is 2. The summed E-state index contributed by atoms with van der Waals surface area (Å²) in [6.45, 7) is 8.16. The van der Waals surface area contributed by atoms with Crippen molar-refractivity contribution in [3.63, 3.8) is 0 Å². The van der Waals surface area contributed by atoms with Crippen LogP contribution in [0.5, 0.6) is 11.5 Å². The van der Waals surface area contributed by atoms with Crippen LogP contribution in [0.1, 0.15) is 51.5 Å². The first-order valence-electron chi connectivity index (χ1n) is 17.0. The third kappa shape index (κ3) is 6.74. The Morgan fingerprint density at radius 2 is 1.71 bits per heavy atom. The van der Waals surface area contributed by atoms with Gasteiger partial charge in [0.2, 0.25) is 5.91 Å². The molecule has 0 unspecified atom stereocenters. The van der Waals surface area contributed by atoms with Crippen molar-refractivity contribution < 1.29 is 28.9 Å². The van der Waals surface area contributed by atoms with Crippen molar-refractivity contribution in [3.05, 3.63) is 83.0 Å².